The number of aryl methyl sites for hydroxylation is 2. The molecule has 0 bridgehead atoms. The van der Waals surface area contributed by atoms with Crippen LogP contribution < -0.4 is 5.32 Å². The fraction of sp³-hybridized carbons (Fsp3) is 0.167. The molecule has 1 amide bonds. The summed E-state index contributed by atoms with van der Waals surface area (Å²) in [5.74, 6) is -0.858. The lowest BCUT2D eigenvalue weighted by atomic mass is 10.0. The van der Waals surface area contributed by atoms with Gasteiger partial charge in [-0.25, -0.2) is 4.79 Å². The molecule has 3 rings (SSSR count). The molecule has 0 unspecified atom stereocenters. The number of rotatable bonds is 4. The number of amides is 1. The summed E-state index contributed by atoms with van der Waals surface area (Å²) in [7, 11) is 3.09. The van der Waals surface area contributed by atoms with Crippen LogP contribution in [0.4, 0.5) is 5.00 Å². The summed E-state index contributed by atoms with van der Waals surface area (Å²) in [6.07, 6.45) is 0. The first kappa shape index (κ1) is 16.9. The molecule has 1 aromatic carbocycles. The van der Waals surface area contributed by atoms with E-state index in [0.29, 0.717) is 16.3 Å². The van der Waals surface area contributed by atoms with Gasteiger partial charge in [-0.2, -0.15) is 5.10 Å². The Labute approximate surface area is 149 Å². The Balaban J connectivity index is 1.97. The summed E-state index contributed by atoms with van der Waals surface area (Å²) in [4.78, 5) is 24.7. The maximum Gasteiger partial charge on any atom is 0.341 e. The zero-order chi connectivity index (χ0) is 18.0. The second-order valence-corrected chi connectivity index (χ2v) is 6.34. The maximum atomic E-state index is 12.5. The number of hydrogen-bond donors (Lipinski definition) is 1. The van der Waals surface area contributed by atoms with E-state index in [2.05, 4.69) is 10.4 Å². The summed E-state index contributed by atoms with van der Waals surface area (Å²) in [6, 6.07) is 11.2. The van der Waals surface area contributed by atoms with Gasteiger partial charge in [0.2, 0.25) is 0 Å². The minimum absolute atomic E-state index is 0.297. The standard InChI is InChI=1S/C18H17N3O3S/c1-11-9-14(20-21(11)2)16(22)19-17-15(18(23)24-3)13(10-25-17)12-7-5-4-6-8-12/h4-10H,1-3H3,(H,19,22). The lowest BCUT2D eigenvalue weighted by Crippen LogP contribution is -2.15. The van der Waals surface area contributed by atoms with Gasteiger partial charge in [0, 0.05) is 23.7 Å². The average Bonchev–Trinajstić information content (AvgIpc) is 3.19. The second-order valence-electron chi connectivity index (χ2n) is 5.46. The van der Waals surface area contributed by atoms with Crippen LogP contribution in [0.2, 0.25) is 0 Å². The number of methoxy groups -OCH3 is 1. The third kappa shape index (κ3) is 3.32. The van der Waals surface area contributed by atoms with Crippen molar-refractivity contribution in [1.29, 1.82) is 0 Å². The maximum absolute atomic E-state index is 12.5. The van der Waals surface area contributed by atoms with Gasteiger partial charge in [0.25, 0.3) is 5.91 Å². The Bertz CT molecular complexity index is 909. The normalized spacial score (nSPS) is 10.5. The first-order valence-corrected chi connectivity index (χ1v) is 8.46. The SMILES string of the molecule is COC(=O)c1c(-c2ccccc2)csc1NC(=O)c1cc(C)n(C)n1. The zero-order valence-electron chi connectivity index (χ0n) is 14.1. The topological polar surface area (TPSA) is 73.2 Å². The minimum atomic E-state index is -0.493. The van der Waals surface area contributed by atoms with E-state index in [1.54, 1.807) is 17.8 Å². The molecule has 3 aromatic rings. The molecule has 0 fully saturated rings. The molecule has 6 nitrogen and oxygen atoms in total. The summed E-state index contributed by atoms with van der Waals surface area (Å²) in [5, 5.41) is 9.21. The first-order valence-electron chi connectivity index (χ1n) is 7.58. The molecule has 1 N–H and O–H groups in total. The fourth-order valence-corrected chi connectivity index (χ4v) is 3.38. The second kappa shape index (κ2) is 6.90. The van der Waals surface area contributed by atoms with Gasteiger partial charge in [-0.1, -0.05) is 30.3 Å². The number of ether oxygens (including phenoxy) is 1. The van der Waals surface area contributed by atoms with E-state index in [9.17, 15) is 9.59 Å². The van der Waals surface area contributed by atoms with Crippen molar-refractivity contribution in [2.24, 2.45) is 7.05 Å². The number of anilines is 1. The van der Waals surface area contributed by atoms with Crippen molar-refractivity contribution in [3.8, 4) is 11.1 Å². The van der Waals surface area contributed by atoms with Crippen molar-refractivity contribution < 1.29 is 14.3 Å². The smallest absolute Gasteiger partial charge is 0.341 e. The fourth-order valence-electron chi connectivity index (χ4n) is 2.42. The van der Waals surface area contributed by atoms with E-state index in [1.165, 1.54) is 18.4 Å². The highest BCUT2D eigenvalue weighted by Gasteiger charge is 2.23. The van der Waals surface area contributed by atoms with Gasteiger partial charge in [0.05, 0.1) is 7.11 Å². The molecule has 0 aliphatic rings. The highest BCUT2D eigenvalue weighted by atomic mass is 32.1. The van der Waals surface area contributed by atoms with E-state index < -0.39 is 5.97 Å². The number of carbonyl (C=O) groups is 2. The predicted molar refractivity (Wildman–Crippen MR) is 97.0 cm³/mol. The number of benzene rings is 1. The van der Waals surface area contributed by atoms with Gasteiger partial charge in [0.15, 0.2) is 5.69 Å². The number of esters is 1. The van der Waals surface area contributed by atoms with Crippen LogP contribution in [0.1, 0.15) is 26.5 Å². The largest absolute Gasteiger partial charge is 0.465 e. The number of carbonyl (C=O) groups excluding carboxylic acids is 2. The molecule has 0 atom stereocenters. The van der Waals surface area contributed by atoms with E-state index in [1.807, 2.05) is 42.6 Å². The van der Waals surface area contributed by atoms with Crippen LogP contribution in [0.5, 0.6) is 0 Å². The van der Waals surface area contributed by atoms with E-state index >= 15 is 0 Å². The molecule has 0 saturated heterocycles. The predicted octanol–water partition coefficient (Wildman–Crippen LogP) is 3.50. The van der Waals surface area contributed by atoms with E-state index in [-0.39, 0.29) is 5.91 Å². The summed E-state index contributed by atoms with van der Waals surface area (Å²) in [6.45, 7) is 1.86. The lowest BCUT2D eigenvalue weighted by molar-refractivity contribution is 0.0603. The number of nitrogens with one attached hydrogen (secondary N) is 1. The molecule has 128 valence electrons. The molecule has 25 heavy (non-hydrogen) atoms. The van der Waals surface area contributed by atoms with Crippen LogP contribution in [0.3, 0.4) is 0 Å². The summed E-state index contributed by atoms with van der Waals surface area (Å²) < 4.78 is 6.53. The Morgan fingerprint density at radius 3 is 2.56 bits per heavy atom. The van der Waals surface area contributed by atoms with Crippen LogP contribution in [0.15, 0.2) is 41.8 Å². The Morgan fingerprint density at radius 1 is 1.24 bits per heavy atom. The van der Waals surface area contributed by atoms with E-state index in [4.69, 9.17) is 4.74 Å². The number of aromatic nitrogens is 2. The molecular weight excluding hydrogens is 338 g/mol. The van der Waals surface area contributed by atoms with Crippen molar-refractivity contribution in [3.05, 3.63) is 58.7 Å². The van der Waals surface area contributed by atoms with Crippen molar-refractivity contribution in [3.63, 3.8) is 0 Å². The van der Waals surface area contributed by atoms with E-state index in [0.717, 1.165) is 16.8 Å². The lowest BCUT2D eigenvalue weighted by Gasteiger charge is -2.07. The minimum Gasteiger partial charge on any atom is -0.465 e. The molecular formula is C18H17N3O3S. The van der Waals surface area contributed by atoms with Crippen LogP contribution in [-0.2, 0) is 11.8 Å². The molecule has 0 spiro atoms. The third-order valence-electron chi connectivity index (χ3n) is 3.84. The quantitative estimate of drug-likeness (QED) is 0.727. The average molecular weight is 355 g/mol. The Kier molecular flexibility index (Phi) is 4.67. The Morgan fingerprint density at radius 2 is 1.96 bits per heavy atom. The molecule has 2 heterocycles. The molecule has 0 saturated carbocycles. The number of thiophene rings is 1. The van der Waals surface area contributed by atoms with Crippen LogP contribution in [0.25, 0.3) is 11.1 Å². The molecule has 7 heteroatoms. The van der Waals surface area contributed by atoms with Crippen molar-refractivity contribution in [2.75, 3.05) is 12.4 Å². The summed E-state index contributed by atoms with van der Waals surface area (Å²) >= 11 is 1.28. The van der Waals surface area contributed by atoms with Crippen LogP contribution >= 0.6 is 11.3 Å². The van der Waals surface area contributed by atoms with Gasteiger partial charge < -0.3 is 10.1 Å². The highest BCUT2D eigenvalue weighted by Crippen LogP contribution is 2.36. The van der Waals surface area contributed by atoms with Gasteiger partial charge in [-0.05, 0) is 18.6 Å². The van der Waals surface area contributed by atoms with Gasteiger partial charge in [-0.15, -0.1) is 11.3 Å². The van der Waals surface area contributed by atoms with Crippen molar-refractivity contribution >= 4 is 28.2 Å². The highest BCUT2D eigenvalue weighted by molar-refractivity contribution is 7.15. The third-order valence-corrected chi connectivity index (χ3v) is 4.73. The van der Waals surface area contributed by atoms with Gasteiger partial charge >= 0.3 is 5.97 Å². The monoisotopic (exact) mass is 355 g/mol. The Hall–Kier alpha value is -2.93. The molecule has 0 aliphatic carbocycles. The molecule has 0 aliphatic heterocycles. The first-order chi connectivity index (χ1) is 12.0. The number of nitrogens with zero attached hydrogens (tertiary/aromatic N) is 2. The van der Waals surface area contributed by atoms with Crippen molar-refractivity contribution in [2.45, 2.75) is 6.92 Å². The van der Waals surface area contributed by atoms with Gasteiger partial charge in [0.1, 0.15) is 10.6 Å². The van der Waals surface area contributed by atoms with Crippen molar-refractivity contribution in [1.82, 2.24) is 9.78 Å². The van der Waals surface area contributed by atoms with Gasteiger partial charge in [-0.3, -0.25) is 9.48 Å². The molecule has 0 radical (unpaired) electrons. The van der Waals surface area contributed by atoms with Crippen LogP contribution in [0, 0.1) is 6.92 Å². The summed E-state index contributed by atoms with van der Waals surface area (Å²) in [5.41, 5.74) is 3.12. The molecule has 2 aromatic heterocycles. The number of hydrogen-bond acceptors (Lipinski definition) is 5. The van der Waals surface area contributed by atoms with Crippen LogP contribution in [-0.4, -0.2) is 28.8 Å². The zero-order valence-corrected chi connectivity index (χ0v) is 14.9.